The second kappa shape index (κ2) is 14.7. The van der Waals surface area contributed by atoms with E-state index in [1.54, 1.807) is 20.0 Å². The Hall–Kier alpha value is -4.17. The number of nitrogens with one attached hydrogen (secondary N) is 4. The van der Waals surface area contributed by atoms with Crippen LogP contribution in [-0.2, 0) is 25.6 Å². The number of carboxylic acids is 1. The molecule has 0 fully saturated rings. The number of guanidine groups is 1. The number of carboxylic acid groups (broad SMARTS) is 1. The lowest BCUT2D eigenvalue weighted by atomic mass is 10.0. The molecule has 2 aromatic rings. The maximum atomic E-state index is 13.3. The van der Waals surface area contributed by atoms with Crippen LogP contribution in [0.5, 0.6) is 0 Å². The van der Waals surface area contributed by atoms with Crippen molar-refractivity contribution in [3.05, 3.63) is 36.0 Å². The number of para-hydroxylation sites is 1. The highest BCUT2D eigenvalue weighted by Crippen LogP contribution is 2.19. The molecule has 0 aliphatic rings. The average molecular weight is 547 g/mol. The van der Waals surface area contributed by atoms with Gasteiger partial charge in [-0.1, -0.05) is 32.0 Å². The lowest BCUT2D eigenvalue weighted by molar-refractivity contribution is -0.143. The fourth-order valence-corrected chi connectivity index (χ4v) is 3.89. The Labute approximate surface area is 225 Å². The number of hydrogen-bond acceptors (Lipinski definition) is 7. The average Bonchev–Trinajstić information content (AvgIpc) is 3.29. The predicted octanol–water partition coefficient (Wildman–Crippen LogP) is -1.72. The molecule has 0 aliphatic heterocycles. The summed E-state index contributed by atoms with van der Waals surface area (Å²) in [6.07, 6.45) is 2.44. The van der Waals surface area contributed by atoms with Gasteiger partial charge in [0.05, 0.1) is 12.6 Å². The zero-order chi connectivity index (χ0) is 29.1. The quantitative estimate of drug-likeness (QED) is 0.0698. The number of aliphatic hydroxyl groups excluding tert-OH is 1. The number of carbonyl (C=O) groups is 4. The van der Waals surface area contributed by atoms with Gasteiger partial charge in [0.1, 0.15) is 18.1 Å². The summed E-state index contributed by atoms with van der Waals surface area (Å²) >= 11 is 0. The number of nitrogens with two attached hydrogens (primary N) is 3. The van der Waals surface area contributed by atoms with Crippen LogP contribution in [0.2, 0.25) is 0 Å². The van der Waals surface area contributed by atoms with E-state index in [0.29, 0.717) is 6.42 Å². The van der Waals surface area contributed by atoms with Crippen LogP contribution in [0.4, 0.5) is 0 Å². The van der Waals surface area contributed by atoms with E-state index >= 15 is 0 Å². The van der Waals surface area contributed by atoms with Gasteiger partial charge in [0.15, 0.2) is 5.96 Å². The number of hydrogen-bond donors (Lipinski definition) is 9. The number of benzene rings is 1. The standard InChI is InChI=1S/C25H38N8O6/c1-13(2)20(24(38)39)33-23(37)19(12-34)32-22(36)18(10-14-11-30-17-8-4-3-6-15(14)17)31-21(35)16(26)7-5-9-29-25(27)28/h3-4,6,8,11,13,16,18-20,30,34H,5,7,9-10,12,26H2,1-2H3,(H,31,35)(H,32,36)(H,33,37)(H,38,39)(H4,27,28,29). The first-order chi connectivity index (χ1) is 18.4. The second-order valence-electron chi connectivity index (χ2n) is 9.49. The minimum Gasteiger partial charge on any atom is -0.480 e. The SMILES string of the molecule is CC(C)C(NC(=O)C(CO)NC(=O)C(Cc1c[nH]c2ccccc12)NC(=O)C(N)CCCN=C(N)N)C(=O)O. The van der Waals surface area contributed by atoms with Gasteiger partial charge in [0, 0.05) is 30.1 Å². The molecule has 0 aliphatic carbocycles. The molecule has 3 amide bonds. The lowest BCUT2D eigenvalue weighted by Gasteiger charge is -2.25. The molecule has 214 valence electrons. The van der Waals surface area contributed by atoms with E-state index in [1.165, 1.54) is 0 Å². The molecule has 1 heterocycles. The number of aliphatic imine (C=N–C) groups is 1. The van der Waals surface area contributed by atoms with E-state index in [0.717, 1.165) is 16.5 Å². The van der Waals surface area contributed by atoms with Crippen molar-refractivity contribution in [2.75, 3.05) is 13.2 Å². The zero-order valence-corrected chi connectivity index (χ0v) is 22.0. The molecule has 2 rings (SSSR count). The fraction of sp³-hybridized carbons (Fsp3) is 0.480. The normalized spacial score (nSPS) is 14.2. The van der Waals surface area contributed by atoms with Gasteiger partial charge in [0.25, 0.3) is 0 Å². The molecule has 4 unspecified atom stereocenters. The Morgan fingerprint density at radius 3 is 2.26 bits per heavy atom. The number of aromatic nitrogens is 1. The first-order valence-electron chi connectivity index (χ1n) is 12.5. The lowest BCUT2D eigenvalue weighted by Crippen LogP contribution is -2.59. The number of nitrogens with zero attached hydrogens (tertiary/aromatic N) is 1. The number of carbonyl (C=O) groups excluding carboxylic acids is 3. The van der Waals surface area contributed by atoms with Crippen LogP contribution in [0.1, 0.15) is 32.3 Å². The summed E-state index contributed by atoms with van der Waals surface area (Å²) in [6, 6.07) is 2.60. The third-order valence-corrected chi connectivity index (χ3v) is 6.08. The van der Waals surface area contributed by atoms with Crippen LogP contribution in [0.3, 0.4) is 0 Å². The zero-order valence-electron chi connectivity index (χ0n) is 22.0. The van der Waals surface area contributed by atoms with Crippen molar-refractivity contribution in [2.24, 2.45) is 28.1 Å². The molecule has 14 heteroatoms. The molecule has 0 saturated carbocycles. The minimum atomic E-state index is -1.45. The molecule has 0 spiro atoms. The maximum Gasteiger partial charge on any atom is 0.326 e. The highest BCUT2D eigenvalue weighted by atomic mass is 16.4. The molecule has 0 radical (unpaired) electrons. The van der Waals surface area contributed by atoms with Crippen LogP contribution >= 0.6 is 0 Å². The topological polar surface area (TPSA) is 251 Å². The monoisotopic (exact) mass is 546 g/mol. The molecule has 4 atom stereocenters. The van der Waals surface area contributed by atoms with Crippen molar-refractivity contribution in [3.8, 4) is 0 Å². The molecule has 39 heavy (non-hydrogen) atoms. The summed E-state index contributed by atoms with van der Waals surface area (Å²) in [7, 11) is 0. The van der Waals surface area contributed by atoms with Gasteiger partial charge in [0.2, 0.25) is 17.7 Å². The van der Waals surface area contributed by atoms with E-state index < -0.39 is 60.4 Å². The van der Waals surface area contributed by atoms with Gasteiger partial charge in [-0.15, -0.1) is 0 Å². The number of H-pyrrole nitrogens is 1. The van der Waals surface area contributed by atoms with Gasteiger partial charge >= 0.3 is 5.97 Å². The molecule has 1 aromatic heterocycles. The van der Waals surface area contributed by atoms with Crippen LogP contribution in [0.25, 0.3) is 10.9 Å². The number of amides is 3. The molecule has 1 aromatic carbocycles. The molecule has 12 N–H and O–H groups in total. The van der Waals surface area contributed by atoms with Gasteiger partial charge < -0.3 is 48.3 Å². The van der Waals surface area contributed by atoms with Crippen molar-refractivity contribution in [1.29, 1.82) is 0 Å². The third kappa shape index (κ3) is 9.26. The van der Waals surface area contributed by atoms with Crippen LogP contribution in [0.15, 0.2) is 35.5 Å². The molecular weight excluding hydrogens is 508 g/mol. The predicted molar refractivity (Wildman–Crippen MR) is 145 cm³/mol. The largest absolute Gasteiger partial charge is 0.480 e. The Balaban J connectivity index is 2.20. The van der Waals surface area contributed by atoms with Gasteiger partial charge in [-0.05, 0) is 30.4 Å². The van der Waals surface area contributed by atoms with Crippen molar-refractivity contribution in [3.63, 3.8) is 0 Å². The van der Waals surface area contributed by atoms with E-state index in [2.05, 4.69) is 25.9 Å². The van der Waals surface area contributed by atoms with Gasteiger partial charge in [-0.25, -0.2) is 4.79 Å². The number of aliphatic carboxylic acids is 1. The number of rotatable bonds is 15. The van der Waals surface area contributed by atoms with Crippen LogP contribution in [-0.4, -0.2) is 82.2 Å². The smallest absolute Gasteiger partial charge is 0.326 e. The molecule has 14 nitrogen and oxygen atoms in total. The van der Waals surface area contributed by atoms with Crippen molar-refractivity contribution in [2.45, 2.75) is 57.3 Å². The summed E-state index contributed by atoms with van der Waals surface area (Å²) in [5, 5.41) is 27.3. The molecule has 0 saturated heterocycles. The van der Waals surface area contributed by atoms with Gasteiger partial charge in [-0.3, -0.25) is 19.4 Å². The van der Waals surface area contributed by atoms with Crippen LogP contribution in [0, 0.1) is 5.92 Å². The van der Waals surface area contributed by atoms with Crippen LogP contribution < -0.4 is 33.2 Å². The third-order valence-electron chi connectivity index (χ3n) is 6.08. The first kappa shape index (κ1) is 31.1. The van der Waals surface area contributed by atoms with E-state index in [4.69, 9.17) is 17.2 Å². The highest BCUT2D eigenvalue weighted by Gasteiger charge is 2.31. The van der Waals surface area contributed by atoms with Crippen molar-refractivity contribution >= 4 is 40.6 Å². The van der Waals surface area contributed by atoms with Crippen molar-refractivity contribution < 1.29 is 29.4 Å². The Kier molecular flexibility index (Phi) is 11.7. The van der Waals surface area contributed by atoms with Crippen molar-refractivity contribution in [1.82, 2.24) is 20.9 Å². The van der Waals surface area contributed by atoms with E-state index in [-0.39, 0.29) is 25.3 Å². The summed E-state index contributed by atoms with van der Waals surface area (Å²) < 4.78 is 0. The minimum absolute atomic E-state index is 0.0474. The Morgan fingerprint density at radius 2 is 1.64 bits per heavy atom. The number of aliphatic hydroxyl groups is 1. The summed E-state index contributed by atoms with van der Waals surface area (Å²) in [5.41, 5.74) is 18.2. The van der Waals surface area contributed by atoms with E-state index in [1.807, 2.05) is 24.3 Å². The Bertz CT molecular complexity index is 1180. The Morgan fingerprint density at radius 1 is 1.00 bits per heavy atom. The summed E-state index contributed by atoms with van der Waals surface area (Å²) in [4.78, 5) is 57.3. The van der Waals surface area contributed by atoms with E-state index in [9.17, 15) is 29.4 Å². The molecular formula is C25H38N8O6. The first-order valence-corrected chi connectivity index (χ1v) is 12.5. The number of aromatic amines is 1. The summed E-state index contributed by atoms with van der Waals surface area (Å²) in [6.45, 7) is 2.71. The number of fused-ring (bicyclic) bond motifs is 1. The fourth-order valence-electron chi connectivity index (χ4n) is 3.89. The highest BCUT2D eigenvalue weighted by molar-refractivity contribution is 5.95. The molecule has 0 bridgehead atoms. The summed E-state index contributed by atoms with van der Waals surface area (Å²) in [5.74, 6) is -4.00. The second-order valence-corrected chi connectivity index (χ2v) is 9.49. The maximum absolute atomic E-state index is 13.3. The van der Waals surface area contributed by atoms with Gasteiger partial charge in [-0.2, -0.15) is 0 Å².